The zero-order valence-electron chi connectivity index (χ0n) is 18.4. The van der Waals surface area contributed by atoms with Crippen LogP contribution in [0.5, 0.6) is 0 Å². The molecule has 0 aliphatic rings. The van der Waals surface area contributed by atoms with Gasteiger partial charge in [-0.25, -0.2) is 9.97 Å². The molecular formula is C22H26Cl2N6O2. The molecule has 8 nitrogen and oxygen atoms in total. The average Bonchev–Trinajstić information content (AvgIpc) is 2.74. The van der Waals surface area contributed by atoms with E-state index in [1.165, 1.54) is 6.20 Å². The fourth-order valence-corrected chi connectivity index (χ4v) is 3.73. The maximum absolute atomic E-state index is 13.2. The average molecular weight is 477 g/mol. The Hall–Kier alpha value is -2.73. The largest absolute Gasteiger partial charge is 0.349 e. The summed E-state index contributed by atoms with van der Waals surface area (Å²) < 4.78 is 0. The number of aromatic nitrogens is 2. The van der Waals surface area contributed by atoms with Crippen LogP contribution < -0.4 is 10.6 Å². The highest BCUT2D eigenvalue weighted by Crippen LogP contribution is 2.26. The normalized spacial score (nSPS) is 13.7. The van der Waals surface area contributed by atoms with Crippen LogP contribution in [0.2, 0.25) is 10.0 Å². The van der Waals surface area contributed by atoms with E-state index in [-0.39, 0.29) is 30.1 Å². The van der Waals surface area contributed by atoms with Crippen LogP contribution in [0.15, 0.2) is 30.5 Å². The zero-order chi connectivity index (χ0) is 23.8. The third-order valence-electron chi connectivity index (χ3n) is 5.02. The van der Waals surface area contributed by atoms with Crippen LogP contribution in [-0.2, 0) is 16.1 Å². The zero-order valence-corrected chi connectivity index (χ0v) is 19.9. The van der Waals surface area contributed by atoms with E-state index in [1.54, 1.807) is 43.3 Å². The van der Waals surface area contributed by atoms with Gasteiger partial charge in [0, 0.05) is 16.2 Å². The molecule has 170 valence electrons. The van der Waals surface area contributed by atoms with Gasteiger partial charge in [-0.05, 0) is 49.8 Å². The number of likely N-dealkylation sites (N-methyl/N-ethyl adjacent to an activating group) is 1. The molecule has 0 fully saturated rings. The summed E-state index contributed by atoms with van der Waals surface area (Å²) in [6.07, 6.45) is 2.14. The van der Waals surface area contributed by atoms with Crippen molar-refractivity contribution in [2.45, 2.75) is 38.9 Å². The number of halogens is 2. The predicted molar refractivity (Wildman–Crippen MR) is 123 cm³/mol. The van der Waals surface area contributed by atoms with E-state index in [1.807, 2.05) is 19.9 Å². The number of amides is 2. The second-order valence-electron chi connectivity index (χ2n) is 7.64. The minimum Gasteiger partial charge on any atom is -0.349 e. The van der Waals surface area contributed by atoms with Crippen molar-refractivity contribution in [1.82, 2.24) is 25.5 Å². The van der Waals surface area contributed by atoms with Gasteiger partial charge in [0.25, 0.3) is 0 Å². The molecule has 2 rings (SSSR count). The second kappa shape index (κ2) is 11.8. The fourth-order valence-electron chi connectivity index (χ4n) is 3.19. The fraction of sp³-hybridized carbons (Fsp3) is 0.409. The number of nitriles is 1. The summed E-state index contributed by atoms with van der Waals surface area (Å²) in [5, 5.41) is 15.4. The first-order valence-corrected chi connectivity index (χ1v) is 10.8. The summed E-state index contributed by atoms with van der Waals surface area (Å²) in [7, 11) is 3.53. The maximum Gasteiger partial charge on any atom is 0.243 e. The standard InChI is InChI=1S/C22H26Cl2N6O2/c1-5-13(2)19(21(31)27-12-17-6-7-26-18(11-25)28-17)29-22(32)20(30(3)4)14-8-15(23)10-16(24)9-14/h6-10,13,19-20H,5,12H2,1-4H3,(H,27,31)(H,29,32)/t13-,19-,20+/m0/s1. The van der Waals surface area contributed by atoms with E-state index in [0.29, 0.717) is 27.7 Å². The smallest absolute Gasteiger partial charge is 0.243 e. The van der Waals surface area contributed by atoms with E-state index in [9.17, 15) is 9.59 Å². The van der Waals surface area contributed by atoms with Crippen molar-refractivity contribution in [3.8, 4) is 6.07 Å². The van der Waals surface area contributed by atoms with Gasteiger partial charge in [-0.2, -0.15) is 5.26 Å². The lowest BCUT2D eigenvalue weighted by Crippen LogP contribution is -2.52. The van der Waals surface area contributed by atoms with Gasteiger partial charge < -0.3 is 10.6 Å². The molecule has 0 bridgehead atoms. The number of carbonyl (C=O) groups excluding carboxylic acids is 2. The van der Waals surface area contributed by atoms with Crippen molar-refractivity contribution in [2.75, 3.05) is 14.1 Å². The number of carbonyl (C=O) groups is 2. The molecule has 32 heavy (non-hydrogen) atoms. The summed E-state index contributed by atoms with van der Waals surface area (Å²) in [6, 6.07) is 6.98. The van der Waals surface area contributed by atoms with Crippen molar-refractivity contribution in [3.05, 3.63) is 57.6 Å². The molecule has 0 saturated heterocycles. The molecule has 2 amide bonds. The Morgan fingerprint density at radius 1 is 1.19 bits per heavy atom. The van der Waals surface area contributed by atoms with E-state index in [4.69, 9.17) is 28.5 Å². The lowest BCUT2D eigenvalue weighted by molar-refractivity contribution is -0.132. The Morgan fingerprint density at radius 3 is 2.41 bits per heavy atom. The van der Waals surface area contributed by atoms with E-state index < -0.39 is 12.1 Å². The van der Waals surface area contributed by atoms with Gasteiger partial charge in [-0.1, -0.05) is 43.5 Å². The van der Waals surface area contributed by atoms with Gasteiger partial charge in [0.1, 0.15) is 18.2 Å². The number of hydrogen-bond acceptors (Lipinski definition) is 6. The number of nitrogens with zero attached hydrogens (tertiary/aromatic N) is 4. The molecule has 0 spiro atoms. The lowest BCUT2D eigenvalue weighted by atomic mass is 9.97. The lowest BCUT2D eigenvalue weighted by Gasteiger charge is -2.29. The summed E-state index contributed by atoms with van der Waals surface area (Å²) >= 11 is 12.2. The summed E-state index contributed by atoms with van der Waals surface area (Å²) in [4.78, 5) is 35.8. The van der Waals surface area contributed by atoms with Crippen molar-refractivity contribution in [1.29, 1.82) is 5.26 Å². The third-order valence-corrected chi connectivity index (χ3v) is 5.45. The van der Waals surface area contributed by atoms with E-state index in [2.05, 4.69) is 20.6 Å². The highest BCUT2D eigenvalue weighted by atomic mass is 35.5. The van der Waals surface area contributed by atoms with Gasteiger partial charge in [-0.3, -0.25) is 14.5 Å². The van der Waals surface area contributed by atoms with Gasteiger partial charge in [-0.15, -0.1) is 0 Å². The minimum atomic E-state index is -0.762. The molecule has 1 aromatic carbocycles. The first-order valence-electron chi connectivity index (χ1n) is 10.1. The molecule has 0 aliphatic carbocycles. The maximum atomic E-state index is 13.2. The van der Waals surface area contributed by atoms with Crippen LogP contribution in [0, 0.1) is 17.2 Å². The molecule has 2 N–H and O–H groups in total. The first kappa shape index (κ1) is 25.5. The Balaban J connectivity index is 2.19. The monoisotopic (exact) mass is 476 g/mol. The van der Waals surface area contributed by atoms with E-state index >= 15 is 0 Å². The third kappa shape index (κ3) is 6.89. The first-order chi connectivity index (χ1) is 15.2. The second-order valence-corrected chi connectivity index (χ2v) is 8.51. The molecule has 3 atom stereocenters. The molecule has 1 aromatic heterocycles. The Kier molecular flexibility index (Phi) is 9.39. The topological polar surface area (TPSA) is 111 Å². The van der Waals surface area contributed by atoms with Crippen LogP contribution in [0.3, 0.4) is 0 Å². The van der Waals surface area contributed by atoms with Gasteiger partial charge in [0.2, 0.25) is 17.6 Å². The molecular weight excluding hydrogens is 451 g/mol. The van der Waals surface area contributed by atoms with Gasteiger partial charge in [0.05, 0.1) is 12.2 Å². The van der Waals surface area contributed by atoms with Crippen molar-refractivity contribution >= 4 is 35.0 Å². The highest BCUT2D eigenvalue weighted by Gasteiger charge is 2.31. The van der Waals surface area contributed by atoms with Gasteiger partial charge in [0.15, 0.2) is 0 Å². The summed E-state index contributed by atoms with van der Waals surface area (Å²) in [5.74, 6) is -0.781. The van der Waals surface area contributed by atoms with E-state index in [0.717, 1.165) is 0 Å². The highest BCUT2D eigenvalue weighted by molar-refractivity contribution is 6.34. The summed E-state index contributed by atoms with van der Waals surface area (Å²) in [5.41, 5.74) is 1.12. The van der Waals surface area contributed by atoms with Crippen molar-refractivity contribution < 1.29 is 9.59 Å². The molecule has 2 aromatic rings. The molecule has 0 radical (unpaired) electrons. The number of nitrogens with one attached hydrogen (secondary N) is 2. The number of rotatable bonds is 9. The Labute approximate surface area is 197 Å². The van der Waals surface area contributed by atoms with Crippen molar-refractivity contribution in [2.24, 2.45) is 5.92 Å². The SMILES string of the molecule is CC[C@H](C)[C@H](NC(=O)[C@@H](c1cc(Cl)cc(Cl)c1)N(C)C)C(=O)NCc1ccnc(C#N)n1. The van der Waals surface area contributed by atoms with Crippen LogP contribution in [0.1, 0.15) is 43.4 Å². The van der Waals surface area contributed by atoms with Crippen LogP contribution in [-0.4, -0.2) is 46.8 Å². The Bertz CT molecular complexity index is 988. The Morgan fingerprint density at radius 2 is 1.84 bits per heavy atom. The molecule has 0 unspecified atom stereocenters. The van der Waals surface area contributed by atoms with Crippen LogP contribution in [0.25, 0.3) is 0 Å². The molecule has 0 saturated carbocycles. The molecule has 10 heteroatoms. The number of benzene rings is 1. The predicted octanol–water partition coefficient (Wildman–Crippen LogP) is 3.11. The van der Waals surface area contributed by atoms with Crippen LogP contribution >= 0.6 is 23.2 Å². The minimum absolute atomic E-state index is 0.0255. The molecule has 1 heterocycles. The summed E-state index contributed by atoms with van der Waals surface area (Å²) in [6.45, 7) is 3.95. The quantitative estimate of drug-likeness (QED) is 0.574. The van der Waals surface area contributed by atoms with Crippen molar-refractivity contribution in [3.63, 3.8) is 0 Å². The van der Waals surface area contributed by atoms with Crippen LogP contribution in [0.4, 0.5) is 0 Å². The molecule has 0 aliphatic heterocycles. The van der Waals surface area contributed by atoms with Gasteiger partial charge >= 0.3 is 0 Å². The number of hydrogen-bond donors (Lipinski definition) is 2.